The van der Waals surface area contributed by atoms with Gasteiger partial charge in [-0.25, -0.2) is 4.98 Å². The highest BCUT2D eigenvalue weighted by Crippen LogP contribution is 2.23. The molecule has 0 aliphatic carbocycles. The molecule has 0 saturated carbocycles. The summed E-state index contributed by atoms with van der Waals surface area (Å²) in [6.45, 7) is 6.30. The van der Waals surface area contributed by atoms with Crippen molar-refractivity contribution in [3.63, 3.8) is 0 Å². The minimum absolute atomic E-state index is 0.00511. The van der Waals surface area contributed by atoms with Crippen molar-refractivity contribution >= 4 is 5.91 Å². The largest absolute Gasteiger partial charge is 0.478 e. The first kappa shape index (κ1) is 17.0. The van der Waals surface area contributed by atoms with Crippen LogP contribution in [0.3, 0.4) is 0 Å². The molecular weight excluding hydrogens is 288 g/mol. The van der Waals surface area contributed by atoms with Crippen molar-refractivity contribution in [1.82, 2.24) is 10.3 Å². The van der Waals surface area contributed by atoms with Gasteiger partial charge in [0.25, 0.3) is 0 Å². The fraction of sp³-hybridized carbons (Fsp3) is 0.368. The Bertz CT molecular complexity index is 638. The molecule has 1 N–H and O–H groups in total. The summed E-state index contributed by atoms with van der Waals surface area (Å²) in [5.41, 5.74) is 3.42. The normalized spacial score (nSPS) is 11.8. The summed E-state index contributed by atoms with van der Waals surface area (Å²) >= 11 is 0. The molecule has 0 bridgehead atoms. The molecule has 0 radical (unpaired) electrons. The summed E-state index contributed by atoms with van der Waals surface area (Å²) in [6, 6.07) is 12.5. The van der Waals surface area contributed by atoms with Crippen LogP contribution in [0.1, 0.15) is 32.8 Å². The van der Waals surface area contributed by atoms with Gasteiger partial charge in [0.15, 0.2) is 0 Å². The number of nitrogens with zero attached hydrogens (tertiary/aromatic N) is 1. The van der Waals surface area contributed by atoms with Crippen molar-refractivity contribution in [3.05, 3.63) is 48.2 Å². The Labute approximate surface area is 137 Å². The molecule has 4 heteroatoms. The summed E-state index contributed by atoms with van der Waals surface area (Å²) < 4.78 is 5.58. The molecule has 0 aliphatic rings. The zero-order valence-electron chi connectivity index (χ0n) is 14.0. The van der Waals surface area contributed by atoms with E-state index in [9.17, 15) is 4.79 Å². The van der Waals surface area contributed by atoms with Gasteiger partial charge in [0.2, 0.25) is 11.8 Å². The third-order valence-corrected chi connectivity index (χ3v) is 3.47. The van der Waals surface area contributed by atoms with Gasteiger partial charge in [0, 0.05) is 25.2 Å². The predicted molar refractivity (Wildman–Crippen MR) is 92.4 cm³/mol. The smallest absolute Gasteiger partial charge is 0.217 e. The lowest BCUT2D eigenvalue weighted by Gasteiger charge is -2.13. The standard InChI is InChI=1S/C19H24N2O2/c1-4-11-23-19-13-18(9-10-20-19)17-7-5-16(6-8-17)12-14(2)21-15(3)22/h5-10,13-14H,4,11-12H2,1-3H3,(H,21,22). The molecule has 0 saturated heterocycles. The van der Waals surface area contributed by atoms with E-state index < -0.39 is 0 Å². The highest BCUT2D eigenvalue weighted by atomic mass is 16.5. The van der Waals surface area contributed by atoms with E-state index in [-0.39, 0.29) is 11.9 Å². The molecule has 0 spiro atoms. The number of carbonyl (C=O) groups is 1. The van der Waals surface area contributed by atoms with Gasteiger partial charge < -0.3 is 10.1 Å². The van der Waals surface area contributed by atoms with Gasteiger partial charge in [0.05, 0.1) is 6.61 Å². The van der Waals surface area contributed by atoms with Crippen LogP contribution in [0.15, 0.2) is 42.6 Å². The molecule has 1 unspecified atom stereocenters. The van der Waals surface area contributed by atoms with Crippen LogP contribution in [-0.4, -0.2) is 23.5 Å². The van der Waals surface area contributed by atoms with Crippen molar-refractivity contribution in [1.29, 1.82) is 0 Å². The molecule has 2 aromatic rings. The summed E-state index contributed by atoms with van der Waals surface area (Å²) in [6.07, 6.45) is 3.56. The molecule has 1 aromatic heterocycles. The van der Waals surface area contributed by atoms with E-state index in [1.165, 1.54) is 5.56 Å². The number of hydrogen-bond acceptors (Lipinski definition) is 3. The van der Waals surface area contributed by atoms with E-state index in [0.717, 1.165) is 24.0 Å². The third-order valence-electron chi connectivity index (χ3n) is 3.47. The Morgan fingerprint density at radius 3 is 2.61 bits per heavy atom. The molecule has 23 heavy (non-hydrogen) atoms. The Morgan fingerprint density at radius 2 is 1.96 bits per heavy atom. The number of ether oxygens (including phenoxy) is 1. The van der Waals surface area contributed by atoms with E-state index in [4.69, 9.17) is 4.74 Å². The second kappa shape index (κ2) is 8.32. The monoisotopic (exact) mass is 312 g/mol. The van der Waals surface area contributed by atoms with E-state index in [2.05, 4.69) is 41.5 Å². The molecule has 2 rings (SSSR count). The zero-order chi connectivity index (χ0) is 16.7. The minimum Gasteiger partial charge on any atom is -0.478 e. The van der Waals surface area contributed by atoms with Gasteiger partial charge in [-0.05, 0) is 42.5 Å². The van der Waals surface area contributed by atoms with Gasteiger partial charge in [-0.1, -0.05) is 31.2 Å². The number of rotatable bonds is 7. The van der Waals surface area contributed by atoms with Crippen molar-refractivity contribution in [2.24, 2.45) is 0 Å². The fourth-order valence-electron chi connectivity index (χ4n) is 2.46. The maximum atomic E-state index is 11.1. The molecule has 1 heterocycles. The lowest BCUT2D eigenvalue weighted by Crippen LogP contribution is -2.31. The second-order valence-electron chi connectivity index (χ2n) is 5.73. The number of amides is 1. The van der Waals surface area contributed by atoms with Crippen LogP contribution < -0.4 is 10.1 Å². The molecule has 1 aromatic carbocycles. The van der Waals surface area contributed by atoms with Crippen molar-refractivity contribution < 1.29 is 9.53 Å². The van der Waals surface area contributed by atoms with E-state index >= 15 is 0 Å². The number of nitrogens with one attached hydrogen (secondary N) is 1. The Hall–Kier alpha value is -2.36. The molecule has 0 aliphatic heterocycles. The first-order valence-electron chi connectivity index (χ1n) is 8.03. The molecule has 4 nitrogen and oxygen atoms in total. The van der Waals surface area contributed by atoms with E-state index in [1.54, 1.807) is 13.1 Å². The predicted octanol–water partition coefficient (Wildman–Crippen LogP) is 3.60. The summed E-state index contributed by atoms with van der Waals surface area (Å²) in [7, 11) is 0. The summed E-state index contributed by atoms with van der Waals surface area (Å²) in [4.78, 5) is 15.3. The quantitative estimate of drug-likeness (QED) is 0.850. The average Bonchev–Trinajstić information content (AvgIpc) is 2.53. The molecule has 1 amide bonds. The van der Waals surface area contributed by atoms with Crippen LogP contribution >= 0.6 is 0 Å². The second-order valence-corrected chi connectivity index (χ2v) is 5.73. The number of hydrogen-bond donors (Lipinski definition) is 1. The van der Waals surface area contributed by atoms with E-state index in [1.807, 2.05) is 19.1 Å². The van der Waals surface area contributed by atoms with Gasteiger partial charge in [-0.15, -0.1) is 0 Å². The number of benzene rings is 1. The molecule has 122 valence electrons. The number of aromatic nitrogens is 1. The van der Waals surface area contributed by atoms with Crippen LogP contribution in [0.2, 0.25) is 0 Å². The zero-order valence-corrected chi connectivity index (χ0v) is 14.0. The van der Waals surface area contributed by atoms with Crippen LogP contribution in [0.5, 0.6) is 5.88 Å². The average molecular weight is 312 g/mol. The van der Waals surface area contributed by atoms with E-state index in [0.29, 0.717) is 12.5 Å². The molecule has 1 atom stereocenters. The van der Waals surface area contributed by atoms with Crippen LogP contribution in [0.25, 0.3) is 11.1 Å². The van der Waals surface area contributed by atoms with Gasteiger partial charge in [0.1, 0.15) is 0 Å². The highest BCUT2D eigenvalue weighted by Gasteiger charge is 2.06. The summed E-state index contributed by atoms with van der Waals surface area (Å²) in [5, 5.41) is 2.90. The number of carbonyl (C=O) groups excluding carboxylic acids is 1. The first-order chi connectivity index (χ1) is 11.1. The maximum Gasteiger partial charge on any atom is 0.217 e. The topological polar surface area (TPSA) is 51.2 Å². The number of pyridine rings is 1. The lowest BCUT2D eigenvalue weighted by molar-refractivity contribution is -0.119. The highest BCUT2D eigenvalue weighted by molar-refractivity contribution is 5.73. The van der Waals surface area contributed by atoms with Crippen molar-refractivity contribution in [2.45, 2.75) is 39.7 Å². The Kier molecular flexibility index (Phi) is 6.15. The van der Waals surface area contributed by atoms with Crippen molar-refractivity contribution in [3.8, 4) is 17.0 Å². The Morgan fingerprint density at radius 1 is 1.22 bits per heavy atom. The van der Waals surface area contributed by atoms with Crippen LogP contribution in [-0.2, 0) is 11.2 Å². The maximum absolute atomic E-state index is 11.1. The minimum atomic E-state index is 0.00511. The van der Waals surface area contributed by atoms with Crippen LogP contribution in [0, 0.1) is 0 Å². The fourth-order valence-corrected chi connectivity index (χ4v) is 2.46. The first-order valence-corrected chi connectivity index (χ1v) is 8.03. The SMILES string of the molecule is CCCOc1cc(-c2ccc(CC(C)NC(C)=O)cc2)ccn1. The van der Waals surface area contributed by atoms with Crippen molar-refractivity contribution in [2.75, 3.05) is 6.61 Å². The Balaban J connectivity index is 2.05. The van der Waals surface area contributed by atoms with Gasteiger partial charge in [-0.3, -0.25) is 4.79 Å². The molecule has 0 fully saturated rings. The van der Waals surface area contributed by atoms with Crippen LogP contribution in [0.4, 0.5) is 0 Å². The van der Waals surface area contributed by atoms with Gasteiger partial charge >= 0.3 is 0 Å². The van der Waals surface area contributed by atoms with Gasteiger partial charge in [-0.2, -0.15) is 0 Å². The lowest BCUT2D eigenvalue weighted by atomic mass is 10.0. The summed E-state index contributed by atoms with van der Waals surface area (Å²) in [5.74, 6) is 0.665. The molecular formula is C19H24N2O2. The third kappa shape index (κ3) is 5.40.